The van der Waals surface area contributed by atoms with Gasteiger partial charge in [0.15, 0.2) is 5.65 Å². The van der Waals surface area contributed by atoms with E-state index in [2.05, 4.69) is 16.5 Å². The van der Waals surface area contributed by atoms with Gasteiger partial charge in [-0.2, -0.15) is 11.3 Å². The molecule has 6 heteroatoms. The lowest BCUT2D eigenvalue weighted by Gasteiger charge is -2.16. The molecule has 0 saturated carbocycles. The van der Waals surface area contributed by atoms with Crippen molar-refractivity contribution < 1.29 is 4.79 Å². The van der Waals surface area contributed by atoms with Crippen LogP contribution in [0.15, 0.2) is 35.2 Å². The van der Waals surface area contributed by atoms with Gasteiger partial charge in [0, 0.05) is 37.1 Å². The summed E-state index contributed by atoms with van der Waals surface area (Å²) in [5, 5.41) is 3.86. The molecule has 4 rings (SSSR count). The normalized spacial score (nSPS) is 18.0. The number of carbonyl (C=O) groups is 1. The molecule has 4 heterocycles. The SMILES string of the molecule is CCn1c(C2CCN(C(=O)c3ccsc3)C2)nc2cccnc21. The summed E-state index contributed by atoms with van der Waals surface area (Å²) in [4.78, 5) is 23.7. The van der Waals surface area contributed by atoms with Crippen molar-refractivity contribution in [2.75, 3.05) is 13.1 Å². The Morgan fingerprint density at radius 2 is 2.35 bits per heavy atom. The van der Waals surface area contributed by atoms with Crippen molar-refractivity contribution in [1.29, 1.82) is 0 Å². The molecule has 1 amide bonds. The molecule has 0 spiro atoms. The van der Waals surface area contributed by atoms with Crippen LogP contribution in [0, 0.1) is 0 Å². The summed E-state index contributed by atoms with van der Waals surface area (Å²) in [7, 11) is 0. The number of imidazole rings is 1. The van der Waals surface area contributed by atoms with Crippen LogP contribution in [0.25, 0.3) is 11.2 Å². The van der Waals surface area contributed by atoms with Crippen LogP contribution in [0.1, 0.15) is 35.4 Å². The van der Waals surface area contributed by atoms with Crippen LogP contribution in [-0.2, 0) is 6.54 Å². The highest BCUT2D eigenvalue weighted by Crippen LogP contribution is 2.30. The molecule has 1 unspecified atom stereocenters. The van der Waals surface area contributed by atoms with Crippen LogP contribution < -0.4 is 0 Å². The number of nitrogens with zero attached hydrogens (tertiary/aromatic N) is 4. The van der Waals surface area contributed by atoms with Gasteiger partial charge in [0.2, 0.25) is 0 Å². The fourth-order valence-corrected chi connectivity index (χ4v) is 3.95. The number of aromatic nitrogens is 3. The molecule has 5 nitrogen and oxygen atoms in total. The van der Waals surface area contributed by atoms with Crippen LogP contribution >= 0.6 is 11.3 Å². The van der Waals surface area contributed by atoms with E-state index in [-0.39, 0.29) is 11.8 Å². The minimum Gasteiger partial charge on any atom is -0.338 e. The molecule has 0 bridgehead atoms. The quantitative estimate of drug-likeness (QED) is 0.743. The molecule has 1 fully saturated rings. The van der Waals surface area contributed by atoms with E-state index in [9.17, 15) is 4.79 Å². The van der Waals surface area contributed by atoms with Crippen molar-refractivity contribution in [3.05, 3.63) is 46.5 Å². The number of rotatable bonds is 3. The smallest absolute Gasteiger partial charge is 0.254 e. The summed E-state index contributed by atoms with van der Waals surface area (Å²) >= 11 is 1.56. The topological polar surface area (TPSA) is 51.0 Å². The Balaban J connectivity index is 1.61. The number of fused-ring (bicyclic) bond motifs is 1. The summed E-state index contributed by atoms with van der Waals surface area (Å²) in [5.41, 5.74) is 2.67. The Kier molecular flexibility index (Phi) is 3.61. The van der Waals surface area contributed by atoms with Gasteiger partial charge in [-0.3, -0.25) is 4.79 Å². The Morgan fingerprint density at radius 3 is 3.13 bits per heavy atom. The van der Waals surface area contributed by atoms with Gasteiger partial charge in [-0.15, -0.1) is 0 Å². The zero-order valence-electron chi connectivity index (χ0n) is 13.0. The van der Waals surface area contributed by atoms with Gasteiger partial charge in [0.05, 0.1) is 5.56 Å². The standard InChI is InChI=1S/C17H18N4OS/c1-2-21-15(19-14-4-3-7-18-16(14)21)12-5-8-20(10-12)17(22)13-6-9-23-11-13/h3-4,6-7,9,11-12H,2,5,8,10H2,1H3. The van der Waals surface area contributed by atoms with Gasteiger partial charge in [-0.25, -0.2) is 9.97 Å². The molecule has 118 valence electrons. The van der Waals surface area contributed by atoms with E-state index in [1.807, 2.05) is 33.9 Å². The van der Waals surface area contributed by atoms with Crippen molar-refractivity contribution in [1.82, 2.24) is 19.4 Å². The number of thiophene rings is 1. The van der Waals surface area contributed by atoms with Crippen LogP contribution in [-0.4, -0.2) is 38.4 Å². The summed E-state index contributed by atoms with van der Waals surface area (Å²) in [5.74, 6) is 1.47. The first kappa shape index (κ1) is 14.4. The van der Waals surface area contributed by atoms with Gasteiger partial charge in [-0.05, 0) is 36.9 Å². The lowest BCUT2D eigenvalue weighted by Crippen LogP contribution is -2.28. The third kappa shape index (κ3) is 2.43. The van der Waals surface area contributed by atoms with E-state index in [1.54, 1.807) is 17.5 Å². The minimum atomic E-state index is 0.131. The highest BCUT2D eigenvalue weighted by atomic mass is 32.1. The molecule has 1 atom stereocenters. The summed E-state index contributed by atoms with van der Waals surface area (Å²) in [6.45, 7) is 4.48. The molecule has 3 aromatic heterocycles. The Hall–Kier alpha value is -2.21. The van der Waals surface area contributed by atoms with Crippen molar-refractivity contribution in [2.24, 2.45) is 0 Å². The molecule has 0 aromatic carbocycles. The predicted octanol–water partition coefficient (Wildman–Crippen LogP) is 3.14. The van der Waals surface area contributed by atoms with E-state index >= 15 is 0 Å². The summed E-state index contributed by atoms with van der Waals surface area (Å²) in [6, 6.07) is 5.81. The fourth-order valence-electron chi connectivity index (χ4n) is 3.32. The second kappa shape index (κ2) is 5.77. The lowest BCUT2D eigenvalue weighted by molar-refractivity contribution is 0.0791. The maximum atomic E-state index is 12.5. The maximum Gasteiger partial charge on any atom is 0.254 e. The largest absolute Gasteiger partial charge is 0.338 e. The number of carbonyl (C=O) groups excluding carboxylic acids is 1. The van der Waals surface area contributed by atoms with Gasteiger partial charge in [-0.1, -0.05) is 0 Å². The second-order valence-electron chi connectivity index (χ2n) is 5.81. The molecule has 3 aromatic rings. The van der Waals surface area contributed by atoms with E-state index in [1.165, 1.54) is 0 Å². The zero-order valence-corrected chi connectivity index (χ0v) is 13.8. The first-order valence-electron chi connectivity index (χ1n) is 7.90. The summed E-state index contributed by atoms with van der Waals surface area (Å²) in [6.07, 6.45) is 2.76. The van der Waals surface area contributed by atoms with E-state index in [0.717, 1.165) is 48.6 Å². The first-order chi connectivity index (χ1) is 11.3. The van der Waals surface area contributed by atoms with Gasteiger partial charge in [0.1, 0.15) is 11.3 Å². The van der Waals surface area contributed by atoms with Crippen molar-refractivity contribution in [2.45, 2.75) is 25.8 Å². The molecule has 0 N–H and O–H groups in total. The summed E-state index contributed by atoms with van der Waals surface area (Å²) < 4.78 is 2.18. The van der Waals surface area contributed by atoms with Crippen molar-refractivity contribution in [3.8, 4) is 0 Å². The number of likely N-dealkylation sites (tertiary alicyclic amines) is 1. The molecule has 0 aliphatic carbocycles. The first-order valence-corrected chi connectivity index (χ1v) is 8.85. The zero-order chi connectivity index (χ0) is 15.8. The number of hydrogen-bond donors (Lipinski definition) is 0. The molecule has 23 heavy (non-hydrogen) atoms. The average Bonchev–Trinajstić information content (AvgIpc) is 3.31. The third-order valence-corrected chi connectivity index (χ3v) is 5.14. The second-order valence-corrected chi connectivity index (χ2v) is 6.59. The van der Waals surface area contributed by atoms with E-state index in [0.29, 0.717) is 0 Å². The number of amides is 1. The van der Waals surface area contributed by atoms with Crippen molar-refractivity contribution in [3.63, 3.8) is 0 Å². The van der Waals surface area contributed by atoms with Crippen LogP contribution in [0.3, 0.4) is 0 Å². The monoisotopic (exact) mass is 326 g/mol. The Morgan fingerprint density at radius 1 is 1.43 bits per heavy atom. The highest BCUT2D eigenvalue weighted by molar-refractivity contribution is 7.08. The lowest BCUT2D eigenvalue weighted by atomic mass is 10.1. The van der Waals surface area contributed by atoms with Gasteiger partial charge >= 0.3 is 0 Å². The molecule has 0 radical (unpaired) electrons. The molecule has 1 aliphatic heterocycles. The minimum absolute atomic E-state index is 0.131. The maximum absolute atomic E-state index is 12.5. The molecule has 1 saturated heterocycles. The van der Waals surface area contributed by atoms with Crippen LogP contribution in [0.4, 0.5) is 0 Å². The van der Waals surface area contributed by atoms with E-state index < -0.39 is 0 Å². The van der Waals surface area contributed by atoms with Gasteiger partial charge < -0.3 is 9.47 Å². The third-order valence-electron chi connectivity index (χ3n) is 4.46. The molecule has 1 aliphatic rings. The van der Waals surface area contributed by atoms with Crippen LogP contribution in [0.2, 0.25) is 0 Å². The van der Waals surface area contributed by atoms with E-state index in [4.69, 9.17) is 4.98 Å². The number of pyridine rings is 1. The molecular weight excluding hydrogens is 308 g/mol. The number of aryl methyl sites for hydroxylation is 1. The number of hydrogen-bond acceptors (Lipinski definition) is 4. The van der Waals surface area contributed by atoms with Gasteiger partial charge in [0.25, 0.3) is 5.91 Å². The average molecular weight is 326 g/mol. The predicted molar refractivity (Wildman–Crippen MR) is 90.8 cm³/mol. The highest BCUT2D eigenvalue weighted by Gasteiger charge is 2.31. The molecular formula is C17H18N4OS. The van der Waals surface area contributed by atoms with Crippen LogP contribution in [0.5, 0.6) is 0 Å². The Bertz CT molecular complexity index is 840. The van der Waals surface area contributed by atoms with Crippen molar-refractivity contribution >= 4 is 28.4 Å². The fraction of sp³-hybridized carbons (Fsp3) is 0.353. The Labute approximate surface area is 138 Å².